The minimum Gasteiger partial charge on any atom is -0.504 e. The molecule has 24 heavy (non-hydrogen) atoms. The molecule has 134 valence electrons. The molecule has 1 aliphatic rings. The van der Waals surface area contributed by atoms with Crippen LogP contribution in [0.25, 0.3) is 0 Å². The summed E-state index contributed by atoms with van der Waals surface area (Å²) in [6, 6.07) is 5.41. The number of benzene rings is 1. The summed E-state index contributed by atoms with van der Waals surface area (Å²) in [5, 5.41) is 13.2. The summed E-state index contributed by atoms with van der Waals surface area (Å²) < 4.78 is 5.45. The summed E-state index contributed by atoms with van der Waals surface area (Å²) >= 11 is 0. The average molecular weight is 333 g/mol. The molecule has 0 atom stereocenters. The van der Waals surface area contributed by atoms with E-state index in [0.29, 0.717) is 18.9 Å². The highest BCUT2D eigenvalue weighted by molar-refractivity contribution is 5.82. The van der Waals surface area contributed by atoms with Gasteiger partial charge in [-0.3, -0.25) is 0 Å². The Bertz CT molecular complexity index is 609. The molecule has 1 fully saturated rings. The van der Waals surface area contributed by atoms with E-state index in [1.54, 1.807) is 6.07 Å². The van der Waals surface area contributed by atoms with Crippen LogP contribution in [0.1, 0.15) is 47.1 Å². The molecule has 0 saturated carbocycles. The third kappa shape index (κ3) is 3.45. The van der Waals surface area contributed by atoms with Crippen LogP contribution in [0, 0.1) is 5.41 Å². The third-order valence-electron chi connectivity index (χ3n) is 5.21. The molecular weight excluding hydrogens is 302 g/mol. The van der Waals surface area contributed by atoms with Crippen LogP contribution in [0.2, 0.25) is 0 Å². The number of guanidine groups is 1. The summed E-state index contributed by atoms with van der Waals surface area (Å²) in [6.45, 7) is 16.0. The van der Waals surface area contributed by atoms with Crippen molar-refractivity contribution in [3.63, 3.8) is 0 Å². The van der Waals surface area contributed by atoms with Crippen LogP contribution in [-0.2, 0) is 6.54 Å². The lowest BCUT2D eigenvalue weighted by atomic mass is 9.65. The molecule has 1 aromatic carbocycles. The highest BCUT2D eigenvalue weighted by Gasteiger charge is 2.53. The van der Waals surface area contributed by atoms with Gasteiger partial charge in [0.1, 0.15) is 0 Å². The molecule has 5 heteroatoms. The maximum atomic E-state index is 9.81. The minimum absolute atomic E-state index is 0.0689. The molecule has 0 spiro atoms. The summed E-state index contributed by atoms with van der Waals surface area (Å²) in [5.41, 5.74) is 1.35. The van der Waals surface area contributed by atoms with Gasteiger partial charge in [-0.05, 0) is 45.4 Å². The third-order valence-corrected chi connectivity index (χ3v) is 5.21. The lowest BCUT2D eigenvalue weighted by Crippen LogP contribution is -2.72. The molecule has 1 aromatic rings. The molecule has 1 heterocycles. The number of ether oxygens (including phenoxy) is 1. The minimum atomic E-state index is 0.0689. The maximum absolute atomic E-state index is 9.81. The molecule has 0 unspecified atom stereocenters. The number of nitrogens with one attached hydrogen (secondary N) is 1. The Hall–Kier alpha value is -1.91. The van der Waals surface area contributed by atoms with E-state index in [1.807, 2.05) is 19.1 Å². The van der Waals surface area contributed by atoms with Crippen molar-refractivity contribution in [3.8, 4) is 11.5 Å². The number of aliphatic imine (C=N–C) groups is 1. The van der Waals surface area contributed by atoms with E-state index in [2.05, 4.69) is 44.8 Å². The van der Waals surface area contributed by atoms with Crippen molar-refractivity contribution in [1.82, 2.24) is 10.2 Å². The van der Waals surface area contributed by atoms with E-state index in [1.165, 1.54) is 0 Å². The average Bonchev–Trinajstić information content (AvgIpc) is 2.52. The first-order valence-corrected chi connectivity index (χ1v) is 8.73. The summed E-state index contributed by atoms with van der Waals surface area (Å²) in [7, 11) is 0. The van der Waals surface area contributed by atoms with Gasteiger partial charge in [-0.2, -0.15) is 0 Å². The maximum Gasteiger partial charge on any atom is 0.194 e. The van der Waals surface area contributed by atoms with Gasteiger partial charge in [0.15, 0.2) is 17.5 Å². The highest BCUT2D eigenvalue weighted by Crippen LogP contribution is 2.46. The molecule has 0 radical (unpaired) electrons. The van der Waals surface area contributed by atoms with Crippen LogP contribution < -0.4 is 10.1 Å². The van der Waals surface area contributed by atoms with E-state index >= 15 is 0 Å². The Morgan fingerprint density at radius 1 is 1.29 bits per heavy atom. The second-order valence-electron chi connectivity index (χ2n) is 7.43. The van der Waals surface area contributed by atoms with Crippen LogP contribution >= 0.6 is 0 Å². The molecule has 0 aromatic heterocycles. The largest absolute Gasteiger partial charge is 0.504 e. The normalized spacial score (nSPS) is 18.9. The molecule has 5 nitrogen and oxygen atoms in total. The van der Waals surface area contributed by atoms with Gasteiger partial charge < -0.3 is 20.1 Å². The fraction of sp³-hybridized carbons (Fsp3) is 0.632. The van der Waals surface area contributed by atoms with Crippen molar-refractivity contribution < 1.29 is 9.84 Å². The van der Waals surface area contributed by atoms with Gasteiger partial charge in [0.05, 0.1) is 13.2 Å². The van der Waals surface area contributed by atoms with E-state index in [9.17, 15) is 5.11 Å². The Kier molecular flexibility index (Phi) is 5.31. The number of nitrogens with zero attached hydrogens (tertiary/aromatic N) is 2. The zero-order valence-electron chi connectivity index (χ0n) is 15.8. The van der Waals surface area contributed by atoms with Crippen molar-refractivity contribution >= 4 is 5.96 Å². The number of rotatable bonds is 5. The lowest BCUT2D eigenvalue weighted by Gasteiger charge is -2.62. The zero-order chi connectivity index (χ0) is 18.0. The Balaban J connectivity index is 2.17. The fourth-order valence-electron chi connectivity index (χ4n) is 2.89. The summed E-state index contributed by atoms with van der Waals surface area (Å²) in [4.78, 5) is 7.13. The van der Waals surface area contributed by atoms with Crippen LogP contribution in [0.5, 0.6) is 11.5 Å². The number of phenolic OH excluding ortho intramolecular Hbond substituents is 1. The van der Waals surface area contributed by atoms with Gasteiger partial charge >= 0.3 is 0 Å². The second kappa shape index (κ2) is 6.91. The number of aromatic hydroxyl groups is 1. The second-order valence-corrected chi connectivity index (χ2v) is 7.43. The first-order valence-electron chi connectivity index (χ1n) is 8.73. The molecule has 2 N–H and O–H groups in total. The first-order chi connectivity index (χ1) is 11.2. The van der Waals surface area contributed by atoms with Crippen LogP contribution in [0.3, 0.4) is 0 Å². The molecular formula is C19H31N3O2. The van der Waals surface area contributed by atoms with Crippen LogP contribution in [0.15, 0.2) is 23.2 Å². The van der Waals surface area contributed by atoms with Gasteiger partial charge in [0, 0.05) is 24.0 Å². The van der Waals surface area contributed by atoms with E-state index in [0.717, 1.165) is 24.6 Å². The molecule has 0 aliphatic carbocycles. The molecule has 0 bridgehead atoms. The summed E-state index contributed by atoms with van der Waals surface area (Å²) in [6.07, 6.45) is 0. The Morgan fingerprint density at radius 2 is 2.00 bits per heavy atom. The Morgan fingerprint density at radius 3 is 2.54 bits per heavy atom. The van der Waals surface area contributed by atoms with Crippen molar-refractivity contribution in [1.29, 1.82) is 0 Å². The number of likely N-dealkylation sites (tertiary alicyclic amines) is 1. The number of hydrogen-bond donors (Lipinski definition) is 2. The molecule has 0 amide bonds. The topological polar surface area (TPSA) is 57.1 Å². The van der Waals surface area contributed by atoms with Crippen molar-refractivity contribution in [2.45, 2.75) is 53.6 Å². The number of phenols is 1. The molecule has 1 aliphatic heterocycles. The van der Waals surface area contributed by atoms with Gasteiger partial charge in [0.2, 0.25) is 0 Å². The molecule has 2 rings (SSSR count). The fourth-order valence-corrected chi connectivity index (χ4v) is 2.89. The lowest BCUT2D eigenvalue weighted by molar-refractivity contribution is -0.0667. The predicted molar refractivity (Wildman–Crippen MR) is 98.7 cm³/mol. The van der Waals surface area contributed by atoms with Crippen LogP contribution in [0.4, 0.5) is 0 Å². The molecule has 1 saturated heterocycles. The van der Waals surface area contributed by atoms with Gasteiger partial charge in [-0.15, -0.1) is 0 Å². The SMILES string of the molecule is CCNC(=NCc1ccc(O)c(OCC)c1)N1CC(C)(C)C1(C)C. The van der Waals surface area contributed by atoms with E-state index < -0.39 is 0 Å². The van der Waals surface area contributed by atoms with Crippen molar-refractivity contribution in [2.75, 3.05) is 19.7 Å². The van der Waals surface area contributed by atoms with Gasteiger partial charge in [0.25, 0.3) is 0 Å². The predicted octanol–water partition coefficient (Wildman–Crippen LogP) is 3.38. The zero-order valence-corrected chi connectivity index (χ0v) is 15.8. The summed E-state index contributed by atoms with van der Waals surface area (Å²) in [5.74, 6) is 1.62. The quantitative estimate of drug-likeness (QED) is 0.641. The van der Waals surface area contributed by atoms with Gasteiger partial charge in [-0.1, -0.05) is 19.9 Å². The first kappa shape index (κ1) is 18.4. The standard InChI is InChI=1S/C19H31N3O2/c1-7-20-17(22-13-18(3,4)19(22,5)6)21-12-14-9-10-15(23)16(11-14)24-8-2/h9-11,23H,7-8,12-13H2,1-6H3,(H,20,21). The van der Waals surface area contributed by atoms with E-state index in [4.69, 9.17) is 9.73 Å². The van der Waals surface area contributed by atoms with Crippen LogP contribution in [-0.4, -0.2) is 41.2 Å². The smallest absolute Gasteiger partial charge is 0.194 e. The van der Waals surface area contributed by atoms with Crippen molar-refractivity contribution in [2.24, 2.45) is 10.4 Å². The highest BCUT2D eigenvalue weighted by atomic mass is 16.5. The number of hydrogen-bond acceptors (Lipinski definition) is 3. The van der Waals surface area contributed by atoms with E-state index in [-0.39, 0.29) is 16.7 Å². The van der Waals surface area contributed by atoms with Gasteiger partial charge in [-0.25, -0.2) is 4.99 Å². The monoisotopic (exact) mass is 333 g/mol. The van der Waals surface area contributed by atoms with Crippen molar-refractivity contribution in [3.05, 3.63) is 23.8 Å². The Labute approximate surface area is 145 Å².